The predicted molar refractivity (Wildman–Crippen MR) is 73.0 cm³/mol. The second kappa shape index (κ2) is 4.47. The van der Waals surface area contributed by atoms with Crippen LogP contribution in [0.2, 0.25) is 0 Å². The van der Waals surface area contributed by atoms with Gasteiger partial charge in [-0.3, -0.25) is 0 Å². The second-order valence-electron chi connectivity index (χ2n) is 6.05. The van der Waals surface area contributed by atoms with Gasteiger partial charge in [-0.15, -0.1) is 0 Å². The monoisotopic (exact) mass is 295 g/mol. The van der Waals surface area contributed by atoms with Crippen LogP contribution in [-0.2, 0) is 6.18 Å². The lowest BCUT2D eigenvalue weighted by Gasteiger charge is -2.31. The molecule has 3 heterocycles. The molecular formula is C15H16F3N3. The average Bonchev–Trinajstić information content (AvgIpc) is 2.99. The van der Waals surface area contributed by atoms with Gasteiger partial charge in [0.1, 0.15) is 0 Å². The third kappa shape index (κ3) is 2.12. The summed E-state index contributed by atoms with van der Waals surface area (Å²) in [6.07, 6.45) is -0.785. The van der Waals surface area contributed by atoms with Gasteiger partial charge in [0.15, 0.2) is 0 Å². The van der Waals surface area contributed by atoms with Crippen LogP contribution in [0.15, 0.2) is 24.3 Å². The van der Waals surface area contributed by atoms with E-state index < -0.39 is 12.0 Å². The summed E-state index contributed by atoms with van der Waals surface area (Å²) >= 11 is 0. The Morgan fingerprint density at radius 2 is 1.76 bits per heavy atom. The molecule has 0 saturated carbocycles. The van der Waals surface area contributed by atoms with Gasteiger partial charge in [0.25, 0.3) is 0 Å². The quantitative estimate of drug-likeness (QED) is 0.872. The van der Waals surface area contributed by atoms with Crippen molar-refractivity contribution in [1.29, 1.82) is 0 Å². The average molecular weight is 295 g/mol. The molecule has 1 unspecified atom stereocenters. The van der Waals surface area contributed by atoms with Crippen molar-refractivity contribution in [1.82, 2.24) is 14.9 Å². The third-order valence-corrected chi connectivity index (χ3v) is 4.66. The number of halogens is 3. The molecule has 2 bridgehead atoms. The summed E-state index contributed by atoms with van der Waals surface area (Å²) in [5.74, 6) is -0.755. The van der Waals surface area contributed by atoms with Crippen LogP contribution >= 0.6 is 0 Å². The van der Waals surface area contributed by atoms with Gasteiger partial charge in [0.05, 0.1) is 11.0 Å². The Morgan fingerprint density at radius 3 is 2.43 bits per heavy atom. The van der Waals surface area contributed by atoms with Crippen molar-refractivity contribution in [3.63, 3.8) is 0 Å². The first-order chi connectivity index (χ1) is 10.0. The summed E-state index contributed by atoms with van der Waals surface area (Å²) in [6.45, 7) is 0. The topological polar surface area (TPSA) is 29.9 Å². The van der Waals surface area contributed by atoms with E-state index in [9.17, 15) is 13.2 Å². The third-order valence-electron chi connectivity index (χ3n) is 4.66. The van der Waals surface area contributed by atoms with Crippen LogP contribution in [0.3, 0.4) is 0 Å². The van der Waals surface area contributed by atoms with E-state index in [4.69, 9.17) is 0 Å². The van der Waals surface area contributed by atoms with Gasteiger partial charge in [0.2, 0.25) is 5.82 Å². The lowest BCUT2D eigenvalue weighted by Crippen LogP contribution is -2.39. The zero-order chi connectivity index (χ0) is 14.6. The van der Waals surface area contributed by atoms with E-state index in [1.165, 1.54) is 4.57 Å². The van der Waals surface area contributed by atoms with Gasteiger partial charge in [0, 0.05) is 18.1 Å². The van der Waals surface area contributed by atoms with E-state index in [1.807, 2.05) is 0 Å². The van der Waals surface area contributed by atoms with Gasteiger partial charge >= 0.3 is 6.18 Å². The number of nitrogens with zero attached hydrogens (tertiary/aromatic N) is 2. The van der Waals surface area contributed by atoms with E-state index in [0.29, 0.717) is 23.1 Å². The Labute approximate surface area is 120 Å². The lowest BCUT2D eigenvalue weighted by atomic mass is 9.99. The van der Waals surface area contributed by atoms with E-state index >= 15 is 0 Å². The molecule has 4 rings (SSSR count). The van der Waals surface area contributed by atoms with Crippen LogP contribution in [-0.4, -0.2) is 21.6 Å². The Kier molecular flexibility index (Phi) is 2.79. The molecule has 112 valence electrons. The molecule has 3 nitrogen and oxygen atoms in total. The van der Waals surface area contributed by atoms with Crippen LogP contribution < -0.4 is 5.32 Å². The first-order valence-corrected chi connectivity index (χ1v) is 7.32. The summed E-state index contributed by atoms with van der Waals surface area (Å²) in [5.41, 5.74) is 1.02. The highest BCUT2D eigenvalue weighted by Gasteiger charge is 2.42. The minimum atomic E-state index is -4.41. The molecule has 2 aliphatic rings. The molecule has 2 aliphatic heterocycles. The molecule has 1 aromatic carbocycles. The van der Waals surface area contributed by atoms with Crippen LogP contribution in [0, 0.1) is 0 Å². The standard InChI is InChI=1S/C15H16F3N3/c16-15(17,18)14-20-12-3-1-2-4-13(12)21(14)11-7-9-5-6-10(8-11)19-9/h1-4,9-11,19H,5-8H2/t9-,10+,11?. The van der Waals surface area contributed by atoms with Crippen LogP contribution in [0.4, 0.5) is 13.2 Å². The van der Waals surface area contributed by atoms with Crippen molar-refractivity contribution >= 4 is 11.0 Å². The molecule has 0 amide bonds. The maximum absolute atomic E-state index is 13.4. The van der Waals surface area contributed by atoms with Gasteiger partial charge in [-0.1, -0.05) is 12.1 Å². The number of imidazole rings is 1. The fourth-order valence-electron chi connectivity index (χ4n) is 3.85. The SMILES string of the molecule is FC(F)(F)c1nc2ccccc2n1C1C[C@H]2CC[C@@H](C1)N2. The number of piperidine rings is 1. The Morgan fingerprint density at radius 1 is 1.10 bits per heavy atom. The van der Waals surface area contributed by atoms with Crippen molar-refractivity contribution in [2.75, 3.05) is 0 Å². The van der Waals surface area contributed by atoms with Crippen LogP contribution in [0.1, 0.15) is 37.5 Å². The van der Waals surface area contributed by atoms with Crippen LogP contribution in [0.25, 0.3) is 11.0 Å². The number of alkyl halides is 3. The minimum absolute atomic E-state index is 0.118. The molecule has 21 heavy (non-hydrogen) atoms. The molecule has 1 N–H and O–H groups in total. The van der Waals surface area contributed by atoms with Crippen molar-refractivity contribution in [3.05, 3.63) is 30.1 Å². The van der Waals surface area contributed by atoms with Crippen molar-refractivity contribution in [2.45, 2.75) is 50.0 Å². The molecule has 2 fully saturated rings. The zero-order valence-electron chi connectivity index (χ0n) is 11.4. The fourth-order valence-corrected chi connectivity index (χ4v) is 3.85. The predicted octanol–water partition coefficient (Wildman–Crippen LogP) is 3.51. The summed E-state index contributed by atoms with van der Waals surface area (Å²) in [4.78, 5) is 3.85. The normalized spacial score (nSPS) is 29.2. The maximum atomic E-state index is 13.4. The van der Waals surface area contributed by atoms with Crippen molar-refractivity contribution in [2.24, 2.45) is 0 Å². The first-order valence-electron chi connectivity index (χ1n) is 7.32. The molecule has 6 heteroatoms. The second-order valence-corrected chi connectivity index (χ2v) is 6.05. The highest BCUT2D eigenvalue weighted by molar-refractivity contribution is 5.76. The molecule has 0 spiro atoms. The molecule has 1 aromatic heterocycles. The van der Waals surface area contributed by atoms with Crippen molar-refractivity contribution in [3.8, 4) is 0 Å². The number of benzene rings is 1. The lowest BCUT2D eigenvalue weighted by molar-refractivity contribution is -0.147. The first kappa shape index (κ1) is 13.1. The molecule has 0 aliphatic carbocycles. The minimum Gasteiger partial charge on any atom is -0.317 e. The molecule has 2 aromatic rings. The Hall–Kier alpha value is -1.56. The van der Waals surface area contributed by atoms with Gasteiger partial charge in [-0.2, -0.15) is 13.2 Å². The fraction of sp³-hybridized carbons (Fsp3) is 0.533. The highest BCUT2D eigenvalue weighted by atomic mass is 19.4. The number of hydrogen-bond acceptors (Lipinski definition) is 2. The van der Waals surface area contributed by atoms with Crippen LogP contribution in [0.5, 0.6) is 0 Å². The summed E-state index contributed by atoms with van der Waals surface area (Å²) in [5, 5.41) is 3.47. The number of fused-ring (bicyclic) bond motifs is 3. The van der Waals surface area contributed by atoms with Crippen molar-refractivity contribution < 1.29 is 13.2 Å². The molecule has 2 saturated heterocycles. The number of rotatable bonds is 1. The number of nitrogens with one attached hydrogen (secondary N) is 1. The molecular weight excluding hydrogens is 279 g/mol. The van der Waals surface area contributed by atoms with Gasteiger partial charge < -0.3 is 9.88 Å². The van der Waals surface area contributed by atoms with Gasteiger partial charge in [-0.05, 0) is 37.8 Å². The zero-order valence-corrected chi connectivity index (χ0v) is 11.4. The summed E-state index contributed by atoms with van der Waals surface area (Å²) < 4.78 is 41.5. The van der Waals surface area contributed by atoms with E-state index in [2.05, 4.69) is 10.3 Å². The Balaban J connectivity index is 1.86. The number of para-hydroxylation sites is 2. The summed E-state index contributed by atoms with van der Waals surface area (Å²) in [6, 6.07) is 7.46. The molecule has 0 radical (unpaired) electrons. The number of aromatic nitrogens is 2. The smallest absolute Gasteiger partial charge is 0.317 e. The van der Waals surface area contributed by atoms with E-state index in [-0.39, 0.29) is 6.04 Å². The van der Waals surface area contributed by atoms with E-state index in [0.717, 1.165) is 25.7 Å². The van der Waals surface area contributed by atoms with E-state index in [1.54, 1.807) is 24.3 Å². The Bertz CT molecular complexity index is 664. The number of hydrogen-bond donors (Lipinski definition) is 1. The molecule has 3 atom stereocenters. The van der Waals surface area contributed by atoms with Gasteiger partial charge in [-0.25, -0.2) is 4.98 Å². The summed E-state index contributed by atoms with van der Waals surface area (Å²) in [7, 11) is 0. The maximum Gasteiger partial charge on any atom is 0.449 e. The highest BCUT2D eigenvalue weighted by Crippen LogP contribution is 2.40. The largest absolute Gasteiger partial charge is 0.449 e.